The first kappa shape index (κ1) is 61.1. The Morgan fingerprint density at radius 1 is 0.323 bits per heavy atom. The lowest BCUT2D eigenvalue weighted by molar-refractivity contribution is -0.167. The van der Waals surface area contributed by atoms with Crippen molar-refractivity contribution in [1.29, 1.82) is 0 Å². The molecule has 0 saturated carbocycles. The zero-order valence-corrected chi connectivity index (χ0v) is 42.0. The van der Waals surface area contributed by atoms with Crippen LogP contribution < -0.4 is 0 Å². The molecule has 0 aromatic carbocycles. The van der Waals surface area contributed by atoms with Crippen LogP contribution >= 0.6 is 0 Å². The maximum Gasteiger partial charge on any atom is 0.306 e. The summed E-state index contributed by atoms with van der Waals surface area (Å²) >= 11 is 0. The van der Waals surface area contributed by atoms with E-state index in [1.54, 1.807) is 0 Å². The van der Waals surface area contributed by atoms with Crippen LogP contribution in [0.15, 0.2) is 109 Å². The van der Waals surface area contributed by atoms with Gasteiger partial charge in [-0.2, -0.15) is 0 Å². The van der Waals surface area contributed by atoms with Gasteiger partial charge >= 0.3 is 17.9 Å². The van der Waals surface area contributed by atoms with Gasteiger partial charge in [-0.05, 0) is 122 Å². The molecular formula is C59H96O6. The fraction of sp³-hybridized carbons (Fsp3) is 0.644. The molecule has 368 valence electrons. The van der Waals surface area contributed by atoms with Crippen LogP contribution in [0.2, 0.25) is 0 Å². The zero-order chi connectivity index (χ0) is 47.2. The molecule has 0 aromatic heterocycles. The third kappa shape index (κ3) is 50.9. The minimum absolute atomic E-state index is 0.106. The van der Waals surface area contributed by atoms with Crippen molar-refractivity contribution in [2.75, 3.05) is 13.2 Å². The van der Waals surface area contributed by atoms with E-state index in [0.29, 0.717) is 19.3 Å². The van der Waals surface area contributed by atoms with Crippen LogP contribution in [0.4, 0.5) is 0 Å². The van der Waals surface area contributed by atoms with E-state index >= 15 is 0 Å². The summed E-state index contributed by atoms with van der Waals surface area (Å²) in [4.78, 5) is 38.0. The number of unbranched alkanes of at least 4 members (excludes halogenated alkanes) is 17. The van der Waals surface area contributed by atoms with Crippen molar-refractivity contribution in [2.24, 2.45) is 0 Å². The van der Waals surface area contributed by atoms with Crippen molar-refractivity contribution in [2.45, 2.75) is 232 Å². The summed E-state index contributed by atoms with van der Waals surface area (Å²) in [5.74, 6) is -0.975. The van der Waals surface area contributed by atoms with Crippen LogP contribution in [-0.2, 0) is 28.6 Å². The first-order chi connectivity index (χ1) is 32.0. The lowest BCUT2D eigenvalue weighted by atomic mass is 10.1. The number of rotatable bonds is 46. The van der Waals surface area contributed by atoms with Crippen LogP contribution in [0.3, 0.4) is 0 Å². The van der Waals surface area contributed by atoms with Gasteiger partial charge < -0.3 is 14.2 Å². The SMILES string of the molecule is CC/C=C\C/C=C\C/C=C\C/C=C\CCCCCCCCC(=O)OCC(COC(=O)CCCCCCC/C=C\CCCCCC)OC(=O)CCCC/C=C\C/C=C\C/C=C\C/C=C\CC. The number of carbonyl (C=O) groups is 3. The molecule has 0 aliphatic carbocycles. The van der Waals surface area contributed by atoms with E-state index in [9.17, 15) is 14.4 Å². The van der Waals surface area contributed by atoms with Crippen LogP contribution in [0.1, 0.15) is 226 Å². The van der Waals surface area contributed by atoms with E-state index in [2.05, 4.69) is 130 Å². The van der Waals surface area contributed by atoms with Gasteiger partial charge in [-0.25, -0.2) is 0 Å². The second kappa shape index (κ2) is 52.7. The predicted molar refractivity (Wildman–Crippen MR) is 279 cm³/mol. The Balaban J connectivity index is 4.48. The minimum atomic E-state index is -0.811. The highest BCUT2D eigenvalue weighted by Gasteiger charge is 2.19. The standard InChI is InChI=1S/C59H96O6/c1-4-7-10-13-16-19-22-25-27-28-29-30-32-34-37-40-43-46-49-52-58(61)64-55-56(54-63-57(60)51-48-45-42-39-36-33-24-21-18-15-12-9-6-3)65-59(62)53-50-47-44-41-38-35-31-26-23-20-17-14-11-8-5-2/h7-8,10-11,16-17,19-21,24-27,29-31,38,41,56H,4-6,9,12-15,18,22-23,28,32-37,39-40,42-55H2,1-3H3/b10-7-,11-8-,19-16-,20-17-,24-21-,27-25-,30-29-,31-26-,41-38-. The maximum absolute atomic E-state index is 12.8. The van der Waals surface area contributed by atoms with E-state index in [1.807, 2.05) is 0 Å². The molecule has 0 bridgehead atoms. The van der Waals surface area contributed by atoms with Crippen molar-refractivity contribution in [3.8, 4) is 0 Å². The molecule has 0 aliphatic heterocycles. The highest BCUT2D eigenvalue weighted by atomic mass is 16.6. The predicted octanol–water partition coefficient (Wildman–Crippen LogP) is 17.5. The van der Waals surface area contributed by atoms with Crippen molar-refractivity contribution in [3.05, 3.63) is 109 Å². The highest BCUT2D eigenvalue weighted by Crippen LogP contribution is 2.13. The Morgan fingerprint density at radius 3 is 0.985 bits per heavy atom. The topological polar surface area (TPSA) is 78.9 Å². The molecule has 0 rings (SSSR count). The van der Waals surface area contributed by atoms with Gasteiger partial charge in [-0.15, -0.1) is 0 Å². The molecule has 1 unspecified atom stereocenters. The molecule has 0 amide bonds. The molecule has 6 heteroatoms. The normalized spacial score (nSPS) is 13.0. The number of ether oxygens (including phenoxy) is 3. The zero-order valence-electron chi connectivity index (χ0n) is 42.0. The molecule has 65 heavy (non-hydrogen) atoms. The molecule has 0 aliphatic rings. The Labute approximate surface area is 400 Å². The molecule has 0 aromatic rings. The lowest BCUT2D eigenvalue weighted by Crippen LogP contribution is -2.30. The summed E-state index contributed by atoms with van der Waals surface area (Å²) in [6.45, 7) is 6.33. The Hall–Kier alpha value is -3.93. The molecular weight excluding hydrogens is 805 g/mol. The minimum Gasteiger partial charge on any atom is -0.462 e. The van der Waals surface area contributed by atoms with Crippen molar-refractivity contribution in [1.82, 2.24) is 0 Å². The summed E-state index contributed by atoms with van der Waals surface area (Å²) in [5, 5.41) is 0. The van der Waals surface area contributed by atoms with Crippen LogP contribution in [0.25, 0.3) is 0 Å². The second-order valence-electron chi connectivity index (χ2n) is 17.0. The number of hydrogen-bond donors (Lipinski definition) is 0. The van der Waals surface area contributed by atoms with E-state index in [-0.39, 0.29) is 37.5 Å². The average Bonchev–Trinajstić information content (AvgIpc) is 3.30. The summed E-state index contributed by atoms with van der Waals surface area (Å²) in [6.07, 6.45) is 70.7. The maximum atomic E-state index is 12.8. The summed E-state index contributed by atoms with van der Waals surface area (Å²) in [7, 11) is 0. The average molecular weight is 901 g/mol. The smallest absolute Gasteiger partial charge is 0.306 e. The molecule has 0 N–H and O–H groups in total. The molecule has 0 spiro atoms. The fourth-order valence-corrected chi connectivity index (χ4v) is 6.83. The number of hydrogen-bond acceptors (Lipinski definition) is 6. The first-order valence-electron chi connectivity index (χ1n) is 26.4. The fourth-order valence-electron chi connectivity index (χ4n) is 6.83. The molecule has 0 fully saturated rings. The van der Waals surface area contributed by atoms with Crippen molar-refractivity contribution in [3.63, 3.8) is 0 Å². The molecule has 0 radical (unpaired) electrons. The van der Waals surface area contributed by atoms with Gasteiger partial charge in [0.25, 0.3) is 0 Å². The van der Waals surface area contributed by atoms with Gasteiger partial charge in [-0.3, -0.25) is 14.4 Å². The van der Waals surface area contributed by atoms with Crippen LogP contribution in [0.5, 0.6) is 0 Å². The van der Waals surface area contributed by atoms with E-state index in [0.717, 1.165) is 128 Å². The van der Waals surface area contributed by atoms with Gasteiger partial charge in [0.2, 0.25) is 0 Å². The molecule has 6 nitrogen and oxygen atoms in total. The van der Waals surface area contributed by atoms with Gasteiger partial charge in [0.15, 0.2) is 6.10 Å². The van der Waals surface area contributed by atoms with Gasteiger partial charge in [0.1, 0.15) is 13.2 Å². The Kier molecular flexibility index (Phi) is 49.5. The highest BCUT2D eigenvalue weighted by molar-refractivity contribution is 5.71. The van der Waals surface area contributed by atoms with Crippen molar-refractivity contribution < 1.29 is 28.6 Å². The Bertz CT molecular complexity index is 1360. The number of esters is 3. The quantitative estimate of drug-likeness (QED) is 0.0262. The van der Waals surface area contributed by atoms with Crippen LogP contribution in [0, 0.1) is 0 Å². The summed E-state index contributed by atoms with van der Waals surface area (Å²) in [5.41, 5.74) is 0. The van der Waals surface area contributed by atoms with Gasteiger partial charge in [-0.1, -0.05) is 194 Å². The van der Waals surface area contributed by atoms with Gasteiger partial charge in [0.05, 0.1) is 0 Å². The molecule has 0 heterocycles. The Morgan fingerprint density at radius 2 is 0.600 bits per heavy atom. The molecule has 1 atom stereocenters. The number of allylic oxidation sites excluding steroid dienone is 18. The lowest BCUT2D eigenvalue weighted by Gasteiger charge is -2.18. The summed E-state index contributed by atoms with van der Waals surface area (Å²) < 4.78 is 16.8. The monoisotopic (exact) mass is 901 g/mol. The van der Waals surface area contributed by atoms with Crippen molar-refractivity contribution >= 4 is 17.9 Å². The first-order valence-corrected chi connectivity index (χ1v) is 26.4. The van der Waals surface area contributed by atoms with E-state index in [4.69, 9.17) is 14.2 Å². The third-order valence-electron chi connectivity index (χ3n) is 10.7. The number of carbonyl (C=O) groups excluding carboxylic acids is 3. The van der Waals surface area contributed by atoms with Gasteiger partial charge in [0, 0.05) is 19.3 Å². The third-order valence-corrected chi connectivity index (χ3v) is 10.7. The molecule has 0 saturated heterocycles. The van der Waals surface area contributed by atoms with E-state index < -0.39 is 6.10 Å². The largest absolute Gasteiger partial charge is 0.462 e. The van der Waals surface area contributed by atoms with Crippen LogP contribution in [-0.4, -0.2) is 37.2 Å². The van der Waals surface area contributed by atoms with E-state index in [1.165, 1.54) is 51.4 Å². The summed E-state index contributed by atoms with van der Waals surface area (Å²) in [6, 6.07) is 0. The second-order valence-corrected chi connectivity index (χ2v) is 17.0.